The van der Waals surface area contributed by atoms with E-state index in [0.717, 1.165) is 13.1 Å². The molecule has 2 rings (SSSR count). The topological polar surface area (TPSA) is 29.3 Å². The minimum absolute atomic E-state index is 0.124. The molecule has 2 N–H and O–H groups in total. The van der Waals surface area contributed by atoms with E-state index >= 15 is 0 Å². The van der Waals surface area contributed by atoms with Crippen molar-refractivity contribution in [3.8, 4) is 0 Å². The van der Waals surface area contributed by atoms with Crippen molar-refractivity contribution in [3.05, 3.63) is 29.8 Å². The SMILES string of the molecule is CC1CN(c2ccc(C(C)N)cc2)CC(C)S1. The van der Waals surface area contributed by atoms with Crippen molar-refractivity contribution in [3.63, 3.8) is 0 Å². The van der Waals surface area contributed by atoms with Crippen LogP contribution in [0.15, 0.2) is 24.3 Å². The van der Waals surface area contributed by atoms with Crippen LogP contribution < -0.4 is 10.6 Å². The van der Waals surface area contributed by atoms with E-state index in [1.165, 1.54) is 11.3 Å². The summed E-state index contributed by atoms with van der Waals surface area (Å²) < 4.78 is 0. The lowest BCUT2D eigenvalue weighted by molar-refractivity contribution is 0.727. The molecule has 3 heteroatoms. The van der Waals surface area contributed by atoms with Gasteiger partial charge in [0.2, 0.25) is 0 Å². The van der Waals surface area contributed by atoms with Crippen molar-refractivity contribution >= 4 is 17.4 Å². The molecule has 94 valence electrons. The molecule has 1 aliphatic rings. The fourth-order valence-electron chi connectivity index (χ4n) is 2.38. The number of hydrogen-bond donors (Lipinski definition) is 1. The molecule has 3 atom stereocenters. The van der Waals surface area contributed by atoms with Crippen molar-refractivity contribution in [1.29, 1.82) is 0 Å². The summed E-state index contributed by atoms with van der Waals surface area (Å²) in [4.78, 5) is 2.48. The molecule has 1 fully saturated rings. The molecule has 1 aliphatic heterocycles. The largest absolute Gasteiger partial charge is 0.369 e. The Morgan fingerprint density at radius 2 is 1.71 bits per heavy atom. The molecule has 0 saturated carbocycles. The Balaban J connectivity index is 2.11. The van der Waals surface area contributed by atoms with Gasteiger partial charge in [0.25, 0.3) is 0 Å². The zero-order valence-corrected chi connectivity index (χ0v) is 11.7. The van der Waals surface area contributed by atoms with Crippen LogP contribution in [-0.4, -0.2) is 23.6 Å². The number of nitrogens with two attached hydrogens (primary N) is 1. The minimum atomic E-state index is 0.124. The maximum Gasteiger partial charge on any atom is 0.0367 e. The standard InChI is InChI=1S/C14H22N2S/c1-10-8-16(9-11(2)17-10)14-6-4-13(5-7-14)12(3)15/h4-7,10-12H,8-9,15H2,1-3H3. The van der Waals surface area contributed by atoms with Gasteiger partial charge in [-0.1, -0.05) is 26.0 Å². The summed E-state index contributed by atoms with van der Waals surface area (Å²) in [6, 6.07) is 8.83. The molecular formula is C14H22N2S. The molecule has 0 aliphatic carbocycles. The second-order valence-electron chi connectivity index (χ2n) is 5.04. The van der Waals surface area contributed by atoms with Gasteiger partial charge in [0.15, 0.2) is 0 Å². The van der Waals surface area contributed by atoms with Gasteiger partial charge in [0.1, 0.15) is 0 Å². The third kappa shape index (κ3) is 3.17. The lowest BCUT2D eigenvalue weighted by Gasteiger charge is -2.36. The molecular weight excluding hydrogens is 228 g/mol. The molecule has 17 heavy (non-hydrogen) atoms. The summed E-state index contributed by atoms with van der Waals surface area (Å²) in [7, 11) is 0. The highest BCUT2D eigenvalue weighted by Gasteiger charge is 2.22. The van der Waals surface area contributed by atoms with Gasteiger partial charge < -0.3 is 10.6 Å². The van der Waals surface area contributed by atoms with Crippen LogP contribution >= 0.6 is 11.8 Å². The maximum absolute atomic E-state index is 5.87. The molecule has 3 unspecified atom stereocenters. The Bertz CT molecular complexity index is 351. The van der Waals surface area contributed by atoms with Gasteiger partial charge >= 0.3 is 0 Å². The number of anilines is 1. The summed E-state index contributed by atoms with van der Waals surface area (Å²) in [5.74, 6) is 0. The van der Waals surface area contributed by atoms with E-state index in [1.807, 2.05) is 6.92 Å². The third-order valence-corrected chi connectivity index (χ3v) is 4.43. The fourth-order valence-corrected chi connectivity index (χ4v) is 3.70. The molecule has 0 spiro atoms. The van der Waals surface area contributed by atoms with Gasteiger partial charge in [0, 0.05) is 35.3 Å². The first kappa shape index (κ1) is 12.8. The van der Waals surface area contributed by atoms with Crippen LogP contribution in [0.2, 0.25) is 0 Å². The van der Waals surface area contributed by atoms with E-state index in [2.05, 4.69) is 54.8 Å². The van der Waals surface area contributed by atoms with Crippen LogP contribution in [0, 0.1) is 0 Å². The van der Waals surface area contributed by atoms with Crippen LogP contribution in [0.4, 0.5) is 5.69 Å². The molecule has 1 heterocycles. The summed E-state index contributed by atoms with van der Waals surface area (Å²) in [6.07, 6.45) is 0. The van der Waals surface area contributed by atoms with Gasteiger partial charge in [0.05, 0.1) is 0 Å². The van der Waals surface area contributed by atoms with Crippen molar-refractivity contribution in [1.82, 2.24) is 0 Å². The molecule has 0 radical (unpaired) electrons. The second-order valence-corrected chi connectivity index (χ2v) is 6.92. The van der Waals surface area contributed by atoms with Crippen LogP contribution in [0.5, 0.6) is 0 Å². The van der Waals surface area contributed by atoms with E-state index in [-0.39, 0.29) is 6.04 Å². The Hall–Kier alpha value is -0.670. The van der Waals surface area contributed by atoms with Crippen LogP contribution in [0.3, 0.4) is 0 Å². The molecule has 1 aromatic rings. The quantitative estimate of drug-likeness (QED) is 0.875. The smallest absolute Gasteiger partial charge is 0.0367 e. The van der Waals surface area contributed by atoms with E-state index in [9.17, 15) is 0 Å². The molecule has 0 amide bonds. The molecule has 2 nitrogen and oxygen atoms in total. The summed E-state index contributed by atoms with van der Waals surface area (Å²) in [5, 5.41) is 1.43. The van der Waals surface area contributed by atoms with Crippen molar-refractivity contribution in [2.75, 3.05) is 18.0 Å². The number of rotatable bonds is 2. The monoisotopic (exact) mass is 250 g/mol. The average molecular weight is 250 g/mol. The van der Waals surface area contributed by atoms with Gasteiger partial charge in [-0.05, 0) is 24.6 Å². The highest BCUT2D eigenvalue weighted by atomic mass is 32.2. The molecule has 1 saturated heterocycles. The van der Waals surface area contributed by atoms with Gasteiger partial charge in [-0.25, -0.2) is 0 Å². The normalized spacial score (nSPS) is 26.9. The Morgan fingerprint density at radius 3 is 2.18 bits per heavy atom. The zero-order valence-electron chi connectivity index (χ0n) is 10.9. The number of hydrogen-bond acceptors (Lipinski definition) is 3. The summed E-state index contributed by atoms with van der Waals surface area (Å²) >= 11 is 2.09. The summed E-state index contributed by atoms with van der Waals surface area (Å²) in [6.45, 7) is 8.93. The lowest BCUT2D eigenvalue weighted by Crippen LogP contribution is -2.40. The Labute approximate surface area is 109 Å². The maximum atomic E-state index is 5.87. The molecule has 1 aromatic carbocycles. The predicted molar refractivity (Wildman–Crippen MR) is 77.8 cm³/mol. The Kier molecular flexibility index (Phi) is 4.00. The van der Waals surface area contributed by atoms with Crippen molar-refractivity contribution in [2.45, 2.75) is 37.3 Å². The first-order valence-electron chi connectivity index (χ1n) is 6.32. The highest BCUT2D eigenvalue weighted by Crippen LogP contribution is 2.28. The first-order valence-corrected chi connectivity index (χ1v) is 7.26. The van der Waals surface area contributed by atoms with E-state index < -0.39 is 0 Å². The van der Waals surface area contributed by atoms with E-state index in [0.29, 0.717) is 10.5 Å². The number of nitrogens with zero attached hydrogens (tertiary/aromatic N) is 1. The predicted octanol–water partition coefficient (Wildman–Crippen LogP) is 3.04. The van der Waals surface area contributed by atoms with Gasteiger partial charge in [-0.15, -0.1) is 0 Å². The van der Waals surface area contributed by atoms with Crippen molar-refractivity contribution in [2.24, 2.45) is 5.73 Å². The van der Waals surface area contributed by atoms with Gasteiger partial charge in [-0.2, -0.15) is 11.8 Å². The van der Waals surface area contributed by atoms with Crippen LogP contribution in [0.25, 0.3) is 0 Å². The Morgan fingerprint density at radius 1 is 1.18 bits per heavy atom. The zero-order chi connectivity index (χ0) is 12.4. The van der Waals surface area contributed by atoms with Crippen LogP contribution in [-0.2, 0) is 0 Å². The number of benzene rings is 1. The van der Waals surface area contributed by atoms with Gasteiger partial charge in [-0.3, -0.25) is 0 Å². The minimum Gasteiger partial charge on any atom is -0.369 e. The average Bonchev–Trinajstić information content (AvgIpc) is 2.28. The van der Waals surface area contributed by atoms with E-state index in [4.69, 9.17) is 5.73 Å². The van der Waals surface area contributed by atoms with Crippen LogP contribution in [0.1, 0.15) is 32.4 Å². The highest BCUT2D eigenvalue weighted by molar-refractivity contribution is 8.00. The second kappa shape index (κ2) is 5.32. The van der Waals surface area contributed by atoms with E-state index in [1.54, 1.807) is 0 Å². The van der Waals surface area contributed by atoms with Crippen molar-refractivity contribution < 1.29 is 0 Å². The summed E-state index contributed by atoms with van der Waals surface area (Å²) in [5.41, 5.74) is 8.41. The fraction of sp³-hybridized carbons (Fsp3) is 0.571. The third-order valence-electron chi connectivity index (χ3n) is 3.20. The lowest BCUT2D eigenvalue weighted by atomic mass is 10.1. The number of thioether (sulfide) groups is 1. The molecule has 0 aromatic heterocycles. The molecule has 0 bridgehead atoms. The first-order chi connectivity index (χ1) is 8.06.